The number of nitrogens with one attached hydrogen (secondary N) is 2. The Morgan fingerprint density at radius 3 is 2.18 bits per heavy atom. The Labute approximate surface area is 299 Å². The summed E-state index contributed by atoms with van der Waals surface area (Å²) in [5.74, 6) is -0.0781. The summed E-state index contributed by atoms with van der Waals surface area (Å²) >= 11 is 0. The van der Waals surface area contributed by atoms with E-state index in [1.165, 1.54) is 36.7 Å². The second-order valence-electron chi connectivity index (χ2n) is 13.3. The summed E-state index contributed by atoms with van der Waals surface area (Å²) in [6, 6.07) is 25.8. The molecule has 0 radical (unpaired) electrons. The van der Waals surface area contributed by atoms with Gasteiger partial charge in [-0.05, 0) is 40.4 Å². The van der Waals surface area contributed by atoms with E-state index in [1.807, 2.05) is 12.1 Å². The van der Waals surface area contributed by atoms with Crippen molar-refractivity contribution >= 4 is 53.6 Å². The van der Waals surface area contributed by atoms with Gasteiger partial charge in [-0.25, -0.2) is 14.6 Å². The summed E-state index contributed by atoms with van der Waals surface area (Å²) in [6.07, 6.45) is 3.32. The van der Waals surface area contributed by atoms with E-state index in [2.05, 4.69) is 96.9 Å². The van der Waals surface area contributed by atoms with Crippen LogP contribution in [-0.2, 0) is 15.7 Å². The number of aromatic nitrogens is 4. The highest BCUT2D eigenvalue weighted by Crippen LogP contribution is 2.37. The van der Waals surface area contributed by atoms with Crippen LogP contribution in [-0.4, -0.2) is 72.1 Å². The van der Waals surface area contributed by atoms with Crippen molar-refractivity contribution in [3.63, 3.8) is 0 Å². The number of benzene rings is 3. The molecule has 51 heavy (non-hydrogen) atoms. The largest absolute Gasteiger partial charge is 0.496 e. The number of amides is 1. The second-order valence-corrected chi connectivity index (χ2v) is 17.6. The average Bonchev–Trinajstić information content (AvgIpc) is 3.52. The van der Waals surface area contributed by atoms with Crippen LogP contribution >= 0.6 is 0 Å². The van der Waals surface area contributed by atoms with E-state index in [9.17, 15) is 14.7 Å². The number of hydrogen-bond donors (Lipinski definition) is 3. The van der Waals surface area contributed by atoms with Crippen molar-refractivity contribution in [2.45, 2.75) is 64.6 Å². The van der Waals surface area contributed by atoms with Crippen LogP contribution in [0, 0.1) is 0 Å². The van der Waals surface area contributed by atoms with Gasteiger partial charge in [0.25, 0.3) is 8.32 Å². The van der Waals surface area contributed by atoms with Gasteiger partial charge in [-0.15, -0.1) is 0 Å². The van der Waals surface area contributed by atoms with Crippen molar-refractivity contribution in [1.82, 2.24) is 19.7 Å². The van der Waals surface area contributed by atoms with Gasteiger partial charge >= 0.3 is 12.1 Å². The maximum atomic E-state index is 12.2. The SMILES string of the molecule is CCC[C@@H](CCO[Si](c1ccccc1)(c1ccccc1)C(C)(C)C)Nc1nc(NC(=O)OC)nc2cnn(Cc3ccc(C(=O)O)cc3OC)c12. The molecular formula is C38H46N6O6Si. The highest BCUT2D eigenvalue weighted by atomic mass is 28.4. The molecule has 0 aliphatic rings. The lowest BCUT2D eigenvalue weighted by molar-refractivity contribution is 0.0696. The Balaban J connectivity index is 1.49. The van der Waals surface area contributed by atoms with Gasteiger partial charge < -0.3 is 24.3 Å². The normalized spacial score (nSPS) is 12.4. The fraction of sp³-hybridized carbons (Fsp3) is 0.342. The Morgan fingerprint density at radius 2 is 1.61 bits per heavy atom. The minimum absolute atomic E-state index is 0.0509. The fourth-order valence-corrected chi connectivity index (χ4v) is 11.1. The number of nitrogens with zero attached hydrogens (tertiary/aromatic N) is 4. The van der Waals surface area contributed by atoms with Gasteiger partial charge in [0.05, 0.1) is 32.5 Å². The molecule has 1 atom stereocenters. The third kappa shape index (κ3) is 8.21. The third-order valence-electron chi connectivity index (χ3n) is 8.92. The lowest BCUT2D eigenvalue weighted by Crippen LogP contribution is -2.66. The molecule has 0 saturated heterocycles. The van der Waals surface area contributed by atoms with Crippen LogP contribution in [0.4, 0.5) is 16.6 Å². The lowest BCUT2D eigenvalue weighted by Gasteiger charge is -2.43. The number of methoxy groups -OCH3 is 2. The summed E-state index contributed by atoms with van der Waals surface area (Å²) in [5.41, 5.74) is 1.95. The zero-order chi connectivity index (χ0) is 36.6. The topological polar surface area (TPSA) is 150 Å². The predicted molar refractivity (Wildman–Crippen MR) is 201 cm³/mol. The highest BCUT2D eigenvalue weighted by Gasteiger charge is 2.50. The molecule has 0 saturated carbocycles. The van der Waals surface area contributed by atoms with Crippen molar-refractivity contribution in [3.8, 4) is 5.75 Å². The lowest BCUT2D eigenvalue weighted by atomic mass is 10.1. The minimum Gasteiger partial charge on any atom is -0.496 e. The maximum absolute atomic E-state index is 12.2. The van der Waals surface area contributed by atoms with Gasteiger partial charge in [0.2, 0.25) is 5.95 Å². The van der Waals surface area contributed by atoms with E-state index in [4.69, 9.17) is 18.9 Å². The van der Waals surface area contributed by atoms with E-state index < -0.39 is 20.4 Å². The number of rotatable bonds is 15. The number of carbonyl (C=O) groups excluding carboxylic acids is 1. The molecule has 1 amide bonds. The van der Waals surface area contributed by atoms with Crippen molar-refractivity contribution in [3.05, 3.63) is 96.2 Å². The first-order valence-corrected chi connectivity index (χ1v) is 18.9. The minimum atomic E-state index is -2.75. The molecule has 5 aromatic rings. The monoisotopic (exact) mass is 710 g/mol. The molecule has 12 nitrogen and oxygen atoms in total. The van der Waals surface area contributed by atoms with E-state index in [0.29, 0.717) is 35.6 Å². The number of anilines is 2. The first-order valence-electron chi connectivity index (χ1n) is 17.0. The molecule has 3 aromatic carbocycles. The Bertz CT molecular complexity index is 1910. The molecule has 0 spiro atoms. The van der Waals surface area contributed by atoms with Gasteiger partial charge in [-0.3, -0.25) is 10.00 Å². The Kier molecular flexibility index (Phi) is 11.7. The number of aromatic carboxylic acids is 1. The van der Waals surface area contributed by atoms with E-state index in [1.54, 1.807) is 16.9 Å². The third-order valence-corrected chi connectivity index (χ3v) is 14.0. The summed E-state index contributed by atoms with van der Waals surface area (Å²) in [5, 5.41) is 22.6. The maximum Gasteiger partial charge on any atom is 0.413 e. The number of carboxylic acids is 1. The van der Waals surface area contributed by atoms with Gasteiger partial charge in [0.1, 0.15) is 16.8 Å². The Hall–Kier alpha value is -5.27. The van der Waals surface area contributed by atoms with Crippen molar-refractivity contribution in [1.29, 1.82) is 0 Å². The van der Waals surface area contributed by atoms with Crippen LogP contribution < -0.4 is 25.7 Å². The smallest absolute Gasteiger partial charge is 0.413 e. The predicted octanol–water partition coefficient (Wildman–Crippen LogP) is 6.31. The van der Waals surface area contributed by atoms with E-state index in [0.717, 1.165) is 18.4 Å². The number of carboxylic acid groups (broad SMARTS) is 1. The first kappa shape index (κ1) is 37.0. The van der Waals surface area contributed by atoms with Crippen molar-refractivity contribution in [2.24, 2.45) is 0 Å². The number of ether oxygens (including phenoxy) is 2. The summed E-state index contributed by atoms with van der Waals surface area (Å²) in [7, 11) is 0.0260. The molecule has 3 N–H and O–H groups in total. The van der Waals surface area contributed by atoms with E-state index >= 15 is 0 Å². The molecule has 0 aliphatic carbocycles. The number of fused-ring (bicyclic) bond motifs is 1. The van der Waals surface area contributed by atoms with Gasteiger partial charge in [0, 0.05) is 18.2 Å². The summed E-state index contributed by atoms with van der Waals surface area (Å²) in [4.78, 5) is 33.0. The van der Waals surface area contributed by atoms with Crippen LogP contribution in [0.2, 0.25) is 5.04 Å². The summed E-state index contributed by atoms with van der Waals surface area (Å²) in [6.45, 7) is 9.68. The van der Waals surface area contributed by atoms with Crippen molar-refractivity contribution < 1.29 is 28.6 Å². The molecule has 0 fully saturated rings. The van der Waals surface area contributed by atoms with Crippen LogP contribution in [0.25, 0.3) is 11.0 Å². The quantitative estimate of drug-likeness (QED) is 0.106. The molecule has 5 rings (SSSR count). The number of hydrogen-bond acceptors (Lipinski definition) is 9. The second kappa shape index (κ2) is 16.2. The summed E-state index contributed by atoms with van der Waals surface area (Å²) < 4.78 is 19.3. The number of carbonyl (C=O) groups is 2. The molecule has 0 unspecified atom stereocenters. The Morgan fingerprint density at radius 1 is 0.941 bits per heavy atom. The van der Waals surface area contributed by atoms with Crippen LogP contribution in [0.15, 0.2) is 85.1 Å². The molecule has 0 bridgehead atoms. The zero-order valence-electron chi connectivity index (χ0n) is 30.0. The first-order chi connectivity index (χ1) is 24.5. The van der Waals surface area contributed by atoms with Gasteiger partial charge in [-0.2, -0.15) is 10.1 Å². The fourth-order valence-electron chi connectivity index (χ4n) is 6.53. The molecule has 268 valence electrons. The van der Waals surface area contributed by atoms with Gasteiger partial charge in [-0.1, -0.05) is 101 Å². The van der Waals surface area contributed by atoms with Gasteiger partial charge in [0.15, 0.2) is 5.82 Å². The van der Waals surface area contributed by atoms with Crippen LogP contribution in [0.3, 0.4) is 0 Å². The molecule has 2 heterocycles. The highest BCUT2D eigenvalue weighted by molar-refractivity contribution is 6.99. The standard InChI is InChI=1S/C38H46N6O6Si/c1-7-14-28(21-22-50-51(38(2,3)4,29-15-10-8-11-16-29)30-17-12-9-13-18-30)40-34-33-31(41-36(42-34)43-37(47)49-6)24-39-44(33)25-27-20-19-26(35(45)46)23-32(27)48-5/h8-13,15-20,23-24,28H,7,14,21-22,25H2,1-6H3,(H,45,46)(H2,40,41,42,43,47)/t28-/m0/s1. The average molecular weight is 711 g/mol. The van der Waals surface area contributed by atoms with E-state index in [-0.39, 0.29) is 29.1 Å². The molecule has 0 aliphatic heterocycles. The molecular weight excluding hydrogens is 665 g/mol. The molecule has 2 aromatic heterocycles. The zero-order valence-corrected chi connectivity index (χ0v) is 31.0. The molecule has 13 heteroatoms. The van der Waals surface area contributed by atoms with Crippen LogP contribution in [0.5, 0.6) is 5.75 Å². The van der Waals surface area contributed by atoms with Crippen LogP contribution in [0.1, 0.15) is 62.9 Å². The van der Waals surface area contributed by atoms with Crippen molar-refractivity contribution in [2.75, 3.05) is 31.5 Å².